The molecule has 6 nitrogen and oxygen atoms in total. The van der Waals surface area contributed by atoms with Crippen molar-refractivity contribution in [1.29, 1.82) is 0 Å². The molecule has 3 aromatic rings. The van der Waals surface area contributed by atoms with Crippen molar-refractivity contribution in [2.45, 2.75) is 50.4 Å². The number of thioether (sulfide) groups is 1. The molecular weight excluding hydrogens is 449 g/mol. The Morgan fingerprint density at radius 3 is 2.38 bits per heavy atom. The van der Waals surface area contributed by atoms with Crippen molar-refractivity contribution in [3.63, 3.8) is 0 Å². The fourth-order valence-corrected chi connectivity index (χ4v) is 5.23. The number of nitrogens with zero attached hydrogens (tertiary/aromatic N) is 5. The van der Waals surface area contributed by atoms with Crippen molar-refractivity contribution in [2.24, 2.45) is 0 Å². The highest BCUT2D eigenvalue weighted by Gasteiger charge is 2.26. The molecule has 2 aromatic carbocycles. The minimum absolute atomic E-state index is 0.0145. The Bertz CT molecular complexity index is 1080. The molecule has 2 heterocycles. The number of carbonyl (C=O) groups is 1. The second kappa shape index (κ2) is 11.1. The van der Waals surface area contributed by atoms with E-state index in [0.29, 0.717) is 5.16 Å². The van der Waals surface area contributed by atoms with Gasteiger partial charge in [0.15, 0.2) is 11.0 Å². The quantitative estimate of drug-likeness (QED) is 0.411. The van der Waals surface area contributed by atoms with E-state index in [2.05, 4.69) is 22.0 Å². The Morgan fingerprint density at radius 1 is 1.03 bits per heavy atom. The second-order valence-electron chi connectivity index (χ2n) is 8.81. The van der Waals surface area contributed by atoms with Crippen LogP contribution in [0.3, 0.4) is 0 Å². The highest BCUT2D eigenvalue weighted by Crippen LogP contribution is 2.30. The molecule has 0 N–H and O–H groups in total. The van der Waals surface area contributed by atoms with Gasteiger partial charge in [-0.2, -0.15) is 0 Å². The summed E-state index contributed by atoms with van der Waals surface area (Å²) < 4.78 is 15.6. The van der Waals surface area contributed by atoms with Crippen LogP contribution in [-0.2, 0) is 4.79 Å². The Labute approximate surface area is 205 Å². The first-order valence-electron chi connectivity index (χ1n) is 11.8. The summed E-state index contributed by atoms with van der Waals surface area (Å²) in [6, 6.07) is 16.4. The number of likely N-dealkylation sites (tertiary alicyclic amines) is 1. The lowest BCUT2D eigenvalue weighted by Gasteiger charge is -2.31. The third-order valence-corrected chi connectivity index (χ3v) is 7.55. The summed E-state index contributed by atoms with van der Waals surface area (Å²) in [6.07, 6.45) is 3.61. The van der Waals surface area contributed by atoms with E-state index in [4.69, 9.17) is 0 Å². The first kappa shape index (κ1) is 24.4. The fraction of sp³-hybridized carbons (Fsp3) is 0.423. The van der Waals surface area contributed by atoms with Crippen LogP contribution in [0, 0.1) is 5.82 Å². The van der Waals surface area contributed by atoms with Gasteiger partial charge in [-0.1, -0.05) is 48.5 Å². The summed E-state index contributed by atoms with van der Waals surface area (Å²) in [5.74, 6) is 0.781. The monoisotopic (exact) mass is 481 g/mol. The maximum absolute atomic E-state index is 13.6. The van der Waals surface area contributed by atoms with Gasteiger partial charge in [0, 0.05) is 12.7 Å². The lowest BCUT2D eigenvalue weighted by atomic mass is 10.1. The minimum Gasteiger partial charge on any atom is -0.338 e. The molecule has 0 saturated carbocycles. The first-order valence-corrected chi connectivity index (χ1v) is 12.8. The zero-order valence-corrected chi connectivity index (χ0v) is 20.8. The zero-order chi connectivity index (χ0) is 24.1. The van der Waals surface area contributed by atoms with E-state index in [1.165, 1.54) is 43.2 Å². The molecule has 0 radical (unpaired) electrons. The summed E-state index contributed by atoms with van der Waals surface area (Å²) in [5, 5.41) is 9.62. The van der Waals surface area contributed by atoms with Crippen LogP contribution in [0.25, 0.3) is 5.69 Å². The number of benzene rings is 2. The van der Waals surface area contributed by atoms with Crippen LogP contribution < -0.4 is 0 Å². The van der Waals surface area contributed by atoms with E-state index in [0.717, 1.165) is 30.2 Å². The standard InChI is InChI=1S/C26H32FN5OS/c1-19(21-10-6-4-7-11-21)30(3)24(33)18-34-26-29-28-25(20(2)31-16-8-5-9-17-31)32(26)23-14-12-22(27)13-15-23/h4,6-7,10-15,19-20H,5,8-9,16-18H2,1-3H3/t19-,20-/m0/s1. The molecule has 0 bridgehead atoms. The molecule has 1 aliphatic rings. The molecule has 1 saturated heterocycles. The van der Waals surface area contributed by atoms with E-state index >= 15 is 0 Å². The molecule has 4 rings (SSSR count). The number of hydrogen-bond donors (Lipinski definition) is 0. The molecule has 1 aromatic heterocycles. The van der Waals surface area contributed by atoms with Crippen LogP contribution in [0.1, 0.15) is 56.6 Å². The lowest BCUT2D eigenvalue weighted by Crippen LogP contribution is -2.33. The van der Waals surface area contributed by atoms with Crippen molar-refractivity contribution in [3.8, 4) is 5.69 Å². The molecule has 0 aliphatic carbocycles. The SMILES string of the molecule is C[C@@H](c1nnc(SCC(=O)N(C)[C@@H](C)c2ccccc2)n1-c1ccc(F)cc1)N1CCCCC1. The van der Waals surface area contributed by atoms with Gasteiger partial charge in [-0.25, -0.2) is 4.39 Å². The van der Waals surface area contributed by atoms with Crippen molar-refractivity contribution in [1.82, 2.24) is 24.6 Å². The van der Waals surface area contributed by atoms with Crippen molar-refractivity contribution < 1.29 is 9.18 Å². The topological polar surface area (TPSA) is 54.3 Å². The Hall–Kier alpha value is -2.71. The highest BCUT2D eigenvalue weighted by molar-refractivity contribution is 7.99. The van der Waals surface area contributed by atoms with E-state index in [1.54, 1.807) is 17.0 Å². The molecule has 1 amide bonds. The first-order chi connectivity index (χ1) is 16.5. The maximum atomic E-state index is 13.6. The number of amides is 1. The van der Waals surface area contributed by atoms with Crippen LogP contribution in [-0.4, -0.2) is 56.4 Å². The van der Waals surface area contributed by atoms with E-state index in [9.17, 15) is 9.18 Å². The van der Waals surface area contributed by atoms with Gasteiger partial charge in [0.25, 0.3) is 0 Å². The minimum atomic E-state index is -0.289. The maximum Gasteiger partial charge on any atom is 0.233 e. The molecular formula is C26H32FN5OS. The summed E-state index contributed by atoms with van der Waals surface area (Å²) in [4.78, 5) is 17.2. The number of carbonyl (C=O) groups excluding carboxylic acids is 1. The van der Waals surface area contributed by atoms with Gasteiger partial charge in [-0.05, 0) is 69.6 Å². The Balaban J connectivity index is 1.54. The van der Waals surface area contributed by atoms with Crippen molar-refractivity contribution in [2.75, 3.05) is 25.9 Å². The van der Waals surface area contributed by atoms with Crippen LogP contribution in [0.4, 0.5) is 4.39 Å². The summed E-state index contributed by atoms with van der Waals surface area (Å²) >= 11 is 1.37. The van der Waals surface area contributed by atoms with Crippen LogP contribution in [0.2, 0.25) is 0 Å². The molecule has 1 fully saturated rings. The zero-order valence-electron chi connectivity index (χ0n) is 20.0. The summed E-state index contributed by atoms with van der Waals surface area (Å²) in [6.45, 7) is 6.22. The third-order valence-electron chi connectivity index (χ3n) is 6.64. The van der Waals surface area contributed by atoms with Gasteiger partial charge >= 0.3 is 0 Å². The summed E-state index contributed by atoms with van der Waals surface area (Å²) in [5.41, 5.74) is 1.89. The average molecular weight is 482 g/mol. The second-order valence-corrected chi connectivity index (χ2v) is 9.75. The highest BCUT2D eigenvalue weighted by atomic mass is 32.2. The van der Waals surface area contributed by atoms with Crippen LogP contribution in [0.15, 0.2) is 59.8 Å². The molecule has 0 spiro atoms. The van der Waals surface area contributed by atoms with Crippen LogP contribution in [0.5, 0.6) is 0 Å². The van der Waals surface area contributed by atoms with Gasteiger partial charge < -0.3 is 4.90 Å². The molecule has 180 valence electrons. The number of piperidine rings is 1. The average Bonchev–Trinajstić information content (AvgIpc) is 3.31. The molecule has 34 heavy (non-hydrogen) atoms. The molecule has 0 unspecified atom stereocenters. The Morgan fingerprint density at radius 2 is 1.71 bits per heavy atom. The number of aromatic nitrogens is 3. The Kier molecular flexibility index (Phi) is 8.00. The predicted octanol–water partition coefficient (Wildman–Crippen LogP) is 5.27. The summed E-state index contributed by atoms with van der Waals surface area (Å²) in [7, 11) is 1.83. The third kappa shape index (κ3) is 5.50. The van der Waals surface area contributed by atoms with E-state index < -0.39 is 0 Å². The van der Waals surface area contributed by atoms with Crippen molar-refractivity contribution >= 4 is 17.7 Å². The molecule has 8 heteroatoms. The van der Waals surface area contributed by atoms with Crippen LogP contribution >= 0.6 is 11.8 Å². The fourth-order valence-electron chi connectivity index (χ4n) is 4.35. The van der Waals surface area contributed by atoms with Gasteiger partial charge in [0.2, 0.25) is 5.91 Å². The molecule has 2 atom stereocenters. The lowest BCUT2D eigenvalue weighted by molar-refractivity contribution is -0.128. The largest absolute Gasteiger partial charge is 0.338 e. The van der Waals surface area contributed by atoms with Crippen molar-refractivity contribution in [3.05, 3.63) is 71.8 Å². The van der Waals surface area contributed by atoms with Gasteiger partial charge in [0.1, 0.15) is 5.82 Å². The van der Waals surface area contributed by atoms with E-state index in [1.807, 2.05) is 48.9 Å². The molecule has 1 aliphatic heterocycles. The number of rotatable bonds is 8. The van der Waals surface area contributed by atoms with Gasteiger partial charge in [-0.15, -0.1) is 10.2 Å². The van der Waals surface area contributed by atoms with Gasteiger partial charge in [-0.3, -0.25) is 14.3 Å². The number of hydrogen-bond acceptors (Lipinski definition) is 5. The smallest absolute Gasteiger partial charge is 0.233 e. The number of halogens is 1. The normalized spacial score (nSPS) is 16.2. The van der Waals surface area contributed by atoms with E-state index in [-0.39, 0.29) is 29.6 Å². The predicted molar refractivity (Wildman–Crippen MR) is 134 cm³/mol. The van der Waals surface area contributed by atoms with Gasteiger partial charge in [0.05, 0.1) is 17.8 Å².